The van der Waals surface area contributed by atoms with E-state index in [0.29, 0.717) is 19.8 Å². The lowest BCUT2D eigenvalue weighted by Crippen LogP contribution is -2.40. The van der Waals surface area contributed by atoms with E-state index in [0.717, 1.165) is 6.54 Å². The first-order valence-electron chi connectivity index (χ1n) is 5.52. The second-order valence-electron chi connectivity index (χ2n) is 3.68. The molecular formula is C10H23N3O4. The van der Waals surface area contributed by atoms with Crippen LogP contribution < -0.4 is 11.4 Å². The van der Waals surface area contributed by atoms with Gasteiger partial charge >= 0.3 is 5.97 Å². The minimum absolute atomic E-state index is 0.216. The van der Waals surface area contributed by atoms with E-state index >= 15 is 0 Å². The first-order valence-corrected chi connectivity index (χ1v) is 5.52. The molecule has 7 heteroatoms. The fourth-order valence-electron chi connectivity index (χ4n) is 1.46. The zero-order chi connectivity index (χ0) is 13.1. The standard InChI is InChI=1S/C10H23N3O4/c1-9(8-16-3)13(6-7-15-2)5-4-10(14)17-12-11/h9,12H,4-8,11H2,1-3H3. The molecule has 0 aliphatic carbocycles. The third-order valence-electron chi connectivity index (χ3n) is 2.39. The molecule has 0 aromatic heterocycles. The van der Waals surface area contributed by atoms with Crippen LogP contribution in [0.1, 0.15) is 13.3 Å². The molecule has 1 atom stereocenters. The van der Waals surface area contributed by atoms with Crippen molar-refractivity contribution in [2.24, 2.45) is 5.84 Å². The molecule has 3 N–H and O–H groups in total. The van der Waals surface area contributed by atoms with E-state index in [-0.39, 0.29) is 18.4 Å². The van der Waals surface area contributed by atoms with E-state index in [9.17, 15) is 4.79 Å². The first-order chi connectivity index (χ1) is 8.15. The summed E-state index contributed by atoms with van der Waals surface area (Å²) >= 11 is 0. The molecule has 0 spiro atoms. The first kappa shape index (κ1) is 16.3. The van der Waals surface area contributed by atoms with Gasteiger partial charge in [0.15, 0.2) is 0 Å². The van der Waals surface area contributed by atoms with Crippen molar-refractivity contribution in [3.05, 3.63) is 0 Å². The van der Waals surface area contributed by atoms with Gasteiger partial charge in [-0.1, -0.05) is 5.59 Å². The largest absolute Gasteiger partial charge is 0.383 e. The maximum absolute atomic E-state index is 11.1. The lowest BCUT2D eigenvalue weighted by atomic mass is 10.2. The highest BCUT2D eigenvalue weighted by Crippen LogP contribution is 2.01. The Bertz CT molecular complexity index is 204. The Morgan fingerprint density at radius 2 is 2.06 bits per heavy atom. The minimum atomic E-state index is -0.389. The van der Waals surface area contributed by atoms with Crippen molar-refractivity contribution in [2.45, 2.75) is 19.4 Å². The highest BCUT2D eigenvalue weighted by atomic mass is 16.7. The molecule has 0 bridgehead atoms. The van der Waals surface area contributed by atoms with Crippen molar-refractivity contribution in [1.29, 1.82) is 0 Å². The Kier molecular flexibility index (Phi) is 9.98. The zero-order valence-corrected chi connectivity index (χ0v) is 10.8. The number of nitrogens with one attached hydrogen (secondary N) is 1. The van der Waals surface area contributed by atoms with Crippen molar-refractivity contribution in [3.63, 3.8) is 0 Å². The van der Waals surface area contributed by atoms with Crippen LogP contribution >= 0.6 is 0 Å². The van der Waals surface area contributed by atoms with Crippen molar-refractivity contribution >= 4 is 5.97 Å². The molecule has 0 aliphatic rings. The van der Waals surface area contributed by atoms with Crippen molar-refractivity contribution in [2.75, 3.05) is 40.5 Å². The summed E-state index contributed by atoms with van der Waals surface area (Å²) in [6.45, 7) is 4.57. The van der Waals surface area contributed by atoms with Crippen LogP contribution in [-0.2, 0) is 19.1 Å². The van der Waals surface area contributed by atoms with Gasteiger partial charge in [-0.15, -0.1) is 0 Å². The predicted molar refractivity (Wildman–Crippen MR) is 62.8 cm³/mol. The van der Waals surface area contributed by atoms with Crippen molar-refractivity contribution in [1.82, 2.24) is 10.5 Å². The summed E-state index contributed by atoms with van der Waals surface area (Å²) in [5, 5.41) is 0. The highest BCUT2D eigenvalue weighted by molar-refractivity contribution is 5.69. The Morgan fingerprint density at radius 1 is 1.35 bits per heavy atom. The molecule has 0 radical (unpaired) electrons. The van der Waals surface area contributed by atoms with Crippen LogP contribution in [0.25, 0.3) is 0 Å². The van der Waals surface area contributed by atoms with E-state index < -0.39 is 0 Å². The number of hydrogen-bond acceptors (Lipinski definition) is 7. The quantitative estimate of drug-likeness (QED) is 0.390. The van der Waals surface area contributed by atoms with E-state index in [1.807, 2.05) is 12.5 Å². The molecule has 0 aromatic rings. The number of hydrazine groups is 1. The summed E-state index contributed by atoms with van der Waals surface area (Å²) in [7, 11) is 3.30. The molecule has 0 rings (SSSR count). The molecule has 0 saturated heterocycles. The van der Waals surface area contributed by atoms with Gasteiger partial charge in [0, 0.05) is 33.4 Å². The third-order valence-corrected chi connectivity index (χ3v) is 2.39. The van der Waals surface area contributed by atoms with Crippen LogP contribution in [0.5, 0.6) is 0 Å². The fourth-order valence-corrected chi connectivity index (χ4v) is 1.46. The van der Waals surface area contributed by atoms with E-state index in [2.05, 4.69) is 9.74 Å². The summed E-state index contributed by atoms with van der Waals surface area (Å²) in [5.74, 6) is 4.49. The molecular weight excluding hydrogens is 226 g/mol. The van der Waals surface area contributed by atoms with Gasteiger partial charge in [0.1, 0.15) is 0 Å². The van der Waals surface area contributed by atoms with Crippen LogP contribution in [0.2, 0.25) is 0 Å². The molecule has 0 aromatic carbocycles. The number of carbonyl (C=O) groups excluding carboxylic acids is 1. The molecule has 0 saturated carbocycles. The molecule has 1 unspecified atom stereocenters. The average Bonchev–Trinajstić information content (AvgIpc) is 2.29. The van der Waals surface area contributed by atoms with Crippen LogP contribution in [0, 0.1) is 0 Å². The summed E-state index contributed by atoms with van der Waals surface area (Å²) in [6.07, 6.45) is 0.266. The van der Waals surface area contributed by atoms with Gasteiger partial charge in [-0.05, 0) is 6.92 Å². The summed E-state index contributed by atoms with van der Waals surface area (Å²) in [5.41, 5.74) is 1.87. The van der Waals surface area contributed by atoms with Gasteiger partial charge in [0.25, 0.3) is 0 Å². The van der Waals surface area contributed by atoms with Crippen LogP contribution in [0.4, 0.5) is 0 Å². The maximum Gasteiger partial charge on any atom is 0.327 e. The van der Waals surface area contributed by atoms with Crippen LogP contribution in [-0.4, -0.2) is 57.4 Å². The number of carbonyl (C=O) groups is 1. The Balaban J connectivity index is 4.03. The number of rotatable bonds is 10. The number of nitrogens with two attached hydrogens (primary N) is 1. The highest BCUT2D eigenvalue weighted by Gasteiger charge is 2.15. The third kappa shape index (κ3) is 8.06. The van der Waals surface area contributed by atoms with Gasteiger partial charge in [0.05, 0.1) is 19.6 Å². The summed E-state index contributed by atoms with van der Waals surface area (Å²) in [4.78, 5) is 17.7. The predicted octanol–water partition coefficient (Wildman–Crippen LogP) is -0.719. The van der Waals surface area contributed by atoms with E-state index in [1.54, 1.807) is 14.2 Å². The zero-order valence-electron chi connectivity index (χ0n) is 10.8. The Morgan fingerprint density at radius 3 is 2.59 bits per heavy atom. The fraction of sp³-hybridized carbons (Fsp3) is 0.900. The number of ether oxygens (including phenoxy) is 2. The lowest BCUT2D eigenvalue weighted by molar-refractivity contribution is -0.151. The smallest absolute Gasteiger partial charge is 0.327 e. The molecule has 0 amide bonds. The Labute approximate surface area is 102 Å². The normalized spacial score (nSPS) is 12.8. The molecule has 17 heavy (non-hydrogen) atoms. The van der Waals surface area contributed by atoms with Crippen molar-refractivity contribution < 1.29 is 19.1 Å². The number of hydrogen-bond donors (Lipinski definition) is 2. The van der Waals surface area contributed by atoms with Crippen LogP contribution in [0.3, 0.4) is 0 Å². The maximum atomic E-state index is 11.1. The van der Waals surface area contributed by atoms with Gasteiger partial charge in [-0.3, -0.25) is 9.69 Å². The monoisotopic (exact) mass is 249 g/mol. The molecule has 0 heterocycles. The topological polar surface area (TPSA) is 86.0 Å². The van der Waals surface area contributed by atoms with Crippen LogP contribution in [0.15, 0.2) is 0 Å². The summed E-state index contributed by atoms with van der Waals surface area (Å²) < 4.78 is 10.1. The number of methoxy groups -OCH3 is 2. The average molecular weight is 249 g/mol. The number of nitrogens with zero attached hydrogens (tertiary/aromatic N) is 1. The Hall–Kier alpha value is -0.730. The molecule has 102 valence electrons. The lowest BCUT2D eigenvalue weighted by Gasteiger charge is -2.27. The van der Waals surface area contributed by atoms with Gasteiger partial charge in [-0.2, -0.15) is 0 Å². The van der Waals surface area contributed by atoms with Gasteiger partial charge in [-0.25, -0.2) is 5.84 Å². The molecule has 0 aliphatic heterocycles. The van der Waals surface area contributed by atoms with E-state index in [1.165, 1.54) is 0 Å². The van der Waals surface area contributed by atoms with Gasteiger partial charge < -0.3 is 14.3 Å². The second kappa shape index (κ2) is 10.4. The molecule has 0 fully saturated rings. The summed E-state index contributed by atoms with van der Waals surface area (Å²) in [6, 6.07) is 0.216. The van der Waals surface area contributed by atoms with Gasteiger partial charge in [0.2, 0.25) is 0 Å². The SMILES string of the molecule is COCCN(CCC(=O)ONN)C(C)COC. The van der Waals surface area contributed by atoms with E-state index in [4.69, 9.17) is 15.3 Å². The molecule has 7 nitrogen and oxygen atoms in total. The second-order valence-corrected chi connectivity index (χ2v) is 3.68. The van der Waals surface area contributed by atoms with Crippen molar-refractivity contribution in [3.8, 4) is 0 Å². The minimum Gasteiger partial charge on any atom is -0.383 e.